The molecule has 0 heterocycles. The normalized spacial score (nSPS) is 11.9. The Kier molecular flexibility index (Phi) is 3.84. The largest absolute Gasteiger partial charge is 0.497 e. The van der Waals surface area contributed by atoms with Gasteiger partial charge in [0.2, 0.25) is 0 Å². The third kappa shape index (κ3) is 2.85. The lowest BCUT2D eigenvalue weighted by atomic mass is 9.98. The Morgan fingerprint density at radius 3 is 2.50 bits per heavy atom. The molecule has 104 valence electrons. The Bertz CT molecular complexity index is 668. The minimum Gasteiger partial charge on any atom is -0.497 e. The second-order valence-electron chi connectivity index (χ2n) is 4.33. The maximum absolute atomic E-state index is 11.5. The SMILES string of the molecule is COc1ccc2cc([C@H](C)C(=O)O[N+](=O)[O-])ccc2c1. The lowest BCUT2D eigenvalue weighted by Gasteiger charge is -2.10. The van der Waals surface area contributed by atoms with Crippen LogP contribution in [0.25, 0.3) is 10.8 Å². The average molecular weight is 275 g/mol. The predicted molar refractivity (Wildman–Crippen MR) is 72.0 cm³/mol. The summed E-state index contributed by atoms with van der Waals surface area (Å²) in [5, 5.41) is 11.0. The van der Waals surface area contributed by atoms with Crippen molar-refractivity contribution in [3.8, 4) is 5.75 Å². The number of carbonyl (C=O) groups excluding carboxylic acids is 1. The molecule has 0 aromatic heterocycles. The molecule has 0 N–H and O–H groups in total. The first kappa shape index (κ1) is 13.8. The van der Waals surface area contributed by atoms with E-state index in [-0.39, 0.29) is 0 Å². The van der Waals surface area contributed by atoms with Gasteiger partial charge in [0.1, 0.15) is 5.75 Å². The highest BCUT2D eigenvalue weighted by Gasteiger charge is 2.19. The van der Waals surface area contributed by atoms with Crippen LogP contribution in [-0.2, 0) is 9.63 Å². The van der Waals surface area contributed by atoms with Crippen LogP contribution in [0, 0.1) is 10.1 Å². The summed E-state index contributed by atoms with van der Waals surface area (Å²) in [6, 6.07) is 10.9. The summed E-state index contributed by atoms with van der Waals surface area (Å²) in [6.07, 6.45) is 0. The van der Waals surface area contributed by atoms with E-state index in [2.05, 4.69) is 4.84 Å². The Balaban J connectivity index is 2.31. The second kappa shape index (κ2) is 5.56. The van der Waals surface area contributed by atoms with Gasteiger partial charge in [-0.3, -0.25) is 4.79 Å². The van der Waals surface area contributed by atoms with Gasteiger partial charge in [-0.2, -0.15) is 0 Å². The van der Waals surface area contributed by atoms with Crippen LogP contribution >= 0.6 is 0 Å². The number of hydrogen-bond donors (Lipinski definition) is 0. The minimum absolute atomic E-state index is 0.662. The molecular weight excluding hydrogens is 262 g/mol. The molecule has 0 aliphatic rings. The lowest BCUT2D eigenvalue weighted by molar-refractivity contribution is -0.730. The summed E-state index contributed by atoms with van der Waals surface area (Å²) in [6.45, 7) is 1.57. The smallest absolute Gasteiger partial charge is 0.310 e. The molecule has 1 atom stereocenters. The molecule has 0 saturated heterocycles. The van der Waals surface area contributed by atoms with Gasteiger partial charge in [-0.25, -0.2) is 4.84 Å². The summed E-state index contributed by atoms with van der Waals surface area (Å²) >= 11 is 0. The van der Waals surface area contributed by atoms with E-state index in [1.807, 2.05) is 24.3 Å². The first-order chi connectivity index (χ1) is 9.51. The molecule has 0 aliphatic heterocycles. The zero-order chi connectivity index (χ0) is 14.7. The van der Waals surface area contributed by atoms with Gasteiger partial charge in [-0.15, -0.1) is 10.1 Å². The van der Waals surface area contributed by atoms with Crippen LogP contribution in [0.2, 0.25) is 0 Å². The van der Waals surface area contributed by atoms with E-state index in [1.54, 1.807) is 26.2 Å². The lowest BCUT2D eigenvalue weighted by Crippen LogP contribution is -2.16. The van der Waals surface area contributed by atoms with E-state index >= 15 is 0 Å². The van der Waals surface area contributed by atoms with Crippen molar-refractivity contribution in [3.05, 3.63) is 52.1 Å². The van der Waals surface area contributed by atoms with Crippen LogP contribution in [0.3, 0.4) is 0 Å². The van der Waals surface area contributed by atoms with Crippen LogP contribution in [0.15, 0.2) is 36.4 Å². The van der Waals surface area contributed by atoms with E-state index < -0.39 is 17.0 Å². The van der Waals surface area contributed by atoms with Gasteiger partial charge < -0.3 is 4.74 Å². The maximum Gasteiger partial charge on any atom is 0.310 e. The number of ether oxygens (including phenoxy) is 1. The number of fused-ring (bicyclic) bond motifs is 1. The van der Waals surface area contributed by atoms with Gasteiger partial charge in [-0.1, -0.05) is 24.3 Å². The number of nitrogens with zero attached hydrogens (tertiary/aromatic N) is 1. The molecule has 0 unspecified atom stereocenters. The molecule has 0 radical (unpaired) electrons. The number of methoxy groups -OCH3 is 1. The highest BCUT2D eigenvalue weighted by molar-refractivity contribution is 5.86. The van der Waals surface area contributed by atoms with Gasteiger partial charge in [-0.05, 0) is 35.4 Å². The molecule has 6 heteroatoms. The topological polar surface area (TPSA) is 78.7 Å². The summed E-state index contributed by atoms with van der Waals surface area (Å²) in [5.41, 5.74) is 0.662. The maximum atomic E-state index is 11.5. The molecule has 6 nitrogen and oxygen atoms in total. The molecule has 0 aliphatic carbocycles. The quantitative estimate of drug-likeness (QED) is 0.633. The fraction of sp³-hybridized carbons (Fsp3) is 0.214. The summed E-state index contributed by atoms with van der Waals surface area (Å²) in [4.78, 5) is 25.7. The molecule has 0 spiro atoms. The molecule has 2 aromatic carbocycles. The van der Waals surface area contributed by atoms with Gasteiger partial charge in [0.15, 0.2) is 0 Å². The zero-order valence-corrected chi connectivity index (χ0v) is 11.0. The number of rotatable bonds is 4. The van der Waals surface area contributed by atoms with Crippen molar-refractivity contribution in [1.29, 1.82) is 0 Å². The van der Waals surface area contributed by atoms with E-state index in [0.717, 1.165) is 16.5 Å². The summed E-state index contributed by atoms with van der Waals surface area (Å²) < 4.78 is 5.13. The van der Waals surface area contributed by atoms with Crippen molar-refractivity contribution in [2.45, 2.75) is 12.8 Å². The van der Waals surface area contributed by atoms with Crippen molar-refractivity contribution in [3.63, 3.8) is 0 Å². The summed E-state index contributed by atoms with van der Waals surface area (Å²) in [5.74, 6) is -0.846. The van der Waals surface area contributed by atoms with Crippen molar-refractivity contribution in [2.75, 3.05) is 7.11 Å². The van der Waals surface area contributed by atoms with Crippen molar-refractivity contribution >= 4 is 16.7 Å². The van der Waals surface area contributed by atoms with Gasteiger partial charge in [0.25, 0.3) is 0 Å². The van der Waals surface area contributed by atoms with Gasteiger partial charge in [0, 0.05) is 0 Å². The van der Waals surface area contributed by atoms with Crippen molar-refractivity contribution in [1.82, 2.24) is 0 Å². The first-order valence-electron chi connectivity index (χ1n) is 5.95. The second-order valence-corrected chi connectivity index (χ2v) is 4.33. The first-order valence-corrected chi connectivity index (χ1v) is 5.95. The van der Waals surface area contributed by atoms with Crippen LogP contribution in [0.5, 0.6) is 5.75 Å². The molecule has 0 saturated carbocycles. The molecular formula is C14H13NO5. The average Bonchev–Trinajstić information content (AvgIpc) is 2.44. The molecule has 0 bridgehead atoms. The molecule has 0 fully saturated rings. The monoisotopic (exact) mass is 275 g/mol. The zero-order valence-electron chi connectivity index (χ0n) is 11.0. The van der Waals surface area contributed by atoms with E-state index in [0.29, 0.717) is 5.56 Å². The fourth-order valence-electron chi connectivity index (χ4n) is 1.93. The number of benzene rings is 2. The third-order valence-corrected chi connectivity index (χ3v) is 3.09. The Morgan fingerprint density at radius 1 is 1.20 bits per heavy atom. The van der Waals surface area contributed by atoms with Crippen molar-refractivity contribution in [2.24, 2.45) is 0 Å². The highest BCUT2D eigenvalue weighted by Crippen LogP contribution is 2.25. The molecule has 20 heavy (non-hydrogen) atoms. The highest BCUT2D eigenvalue weighted by atomic mass is 17.0. The van der Waals surface area contributed by atoms with E-state index in [9.17, 15) is 14.9 Å². The van der Waals surface area contributed by atoms with Crippen molar-refractivity contribution < 1.29 is 19.5 Å². The van der Waals surface area contributed by atoms with Crippen LogP contribution in [0.4, 0.5) is 0 Å². The molecule has 0 amide bonds. The Morgan fingerprint density at radius 2 is 1.85 bits per heavy atom. The molecule has 2 aromatic rings. The van der Waals surface area contributed by atoms with E-state index in [1.165, 1.54) is 0 Å². The number of hydrogen-bond acceptors (Lipinski definition) is 5. The minimum atomic E-state index is -1.09. The predicted octanol–water partition coefficient (Wildman–Crippen LogP) is 2.69. The van der Waals surface area contributed by atoms with E-state index in [4.69, 9.17) is 4.74 Å². The Hall–Kier alpha value is -2.63. The van der Waals surface area contributed by atoms with Crippen LogP contribution < -0.4 is 4.74 Å². The molecule has 2 rings (SSSR count). The number of carbonyl (C=O) groups is 1. The standard InChI is InChI=1S/C14H13NO5/c1-9(14(16)20-15(17)18)10-3-4-12-8-13(19-2)6-5-11(12)7-10/h3-9H,1-2H3/t9-/m0/s1. The summed E-state index contributed by atoms with van der Waals surface area (Å²) in [7, 11) is 1.59. The van der Waals surface area contributed by atoms with Gasteiger partial charge in [0.05, 0.1) is 13.0 Å². The fourth-order valence-corrected chi connectivity index (χ4v) is 1.93. The van der Waals surface area contributed by atoms with Crippen LogP contribution in [-0.4, -0.2) is 18.2 Å². The van der Waals surface area contributed by atoms with Gasteiger partial charge >= 0.3 is 11.1 Å². The third-order valence-electron chi connectivity index (χ3n) is 3.09. The Labute approximate surface area is 115 Å². The van der Waals surface area contributed by atoms with Crippen LogP contribution in [0.1, 0.15) is 18.4 Å².